The van der Waals surface area contributed by atoms with Gasteiger partial charge in [-0.3, -0.25) is 43.8 Å². The number of nitrogens with zero attached hydrogens (tertiary/aromatic N) is 6. The number of ketones is 2. The molecule has 18 heteroatoms. The van der Waals surface area contributed by atoms with E-state index >= 15 is 0 Å². The van der Waals surface area contributed by atoms with Crippen molar-refractivity contribution < 1.29 is 47.7 Å². The van der Waals surface area contributed by atoms with Gasteiger partial charge in [0.25, 0.3) is 0 Å². The first-order valence-electron chi connectivity index (χ1n) is 19.2. The van der Waals surface area contributed by atoms with Gasteiger partial charge in [-0.2, -0.15) is 0 Å². The zero-order chi connectivity index (χ0) is 42.5. The number of anilines is 2. The Bertz CT molecular complexity index is 1850. The highest BCUT2D eigenvalue weighted by atomic mass is 16.7. The van der Waals surface area contributed by atoms with Crippen molar-refractivity contribution in [1.29, 1.82) is 0 Å². The minimum absolute atomic E-state index is 0.0599. The van der Waals surface area contributed by atoms with Gasteiger partial charge in [0.2, 0.25) is 24.0 Å². The molecule has 2 N–H and O–H groups in total. The number of methoxy groups -OCH3 is 2. The van der Waals surface area contributed by atoms with E-state index in [0.29, 0.717) is 48.7 Å². The average Bonchev–Trinajstić information content (AvgIpc) is 3.64. The first-order chi connectivity index (χ1) is 27.6. The smallest absolute Gasteiger partial charge is 0.414 e. The molecule has 316 valence electrons. The predicted molar refractivity (Wildman–Crippen MR) is 213 cm³/mol. The van der Waals surface area contributed by atoms with Gasteiger partial charge in [-0.25, -0.2) is 9.59 Å². The summed E-state index contributed by atoms with van der Waals surface area (Å²) in [6, 6.07) is 3.70. The van der Waals surface area contributed by atoms with Gasteiger partial charge in [-0.1, -0.05) is 0 Å². The van der Waals surface area contributed by atoms with E-state index in [1.807, 2.05) is 56.3 Å². The molecule has 18 nitrogen and oxygen atoms in total. The van der Waals surface area contributed by atoms with E-state index in [2.05, 4.69) is 20.6 Å². The van der Waals surface area contributed by atoms with Gasteiger partial charge in [0.15, 0.2) is 5.78 Å². The molecule has 0 saturated carbocycles. The lowest BCUT2D eigenvalue weighted by Crippen LogP contribution is -2.33. The van der Waals surface area contributed by atoms with Gasteiger partial charge in [-0.15, -0.1) is 0 Å². The number of hydrogen-bond acceptors (Lipinski definition) is 14. The molecule has 4 heterocycles. The summed E-state index contributed by atoms with van der Waals surface area (Å²) in [5, 5.41) is 5.29. The Morgan fingerprint density at radius 2 is 1.26 bits per heavy atom. The number of pyridine rings is 2. The number of allylic oxidation sites excluding steroid dienone is 1. The number of fused-ring (bicyclic) bond motifs is 2. The SMILES string of the molecule is CC(=O)NC[C@H]1CN(c2cnc3c(c2)CCC/C(=C\N(C)C)C3=O)C(=O)O1.CC(=O)NC[C@H]1CN(c2cnc3c(c2)CCCCC3=O)C(=O)O1.COC(OC)N(C)C. The van der Waals surface area contributed by atoms with Crippen LogP contribution >= 0.6 is 0 Å². The molecule has 0 spiro atoms. The molecule has 4 amide bonds. The van der Waals surface area contributed by atoms with Gasteiger partial charge in [0.1, 0.15) is 23.6 Å². The number of nitrogens with one attached hydrogen (secondary N) is 2. The fourth-order valence-corrected chi connectivity index (χ4v) is 6.73. The minimum Gasteiger partial charge on any atom is -0.442 e. The molecular formula is C40H56N8O10. The third kappa shape index (κ3) is 12.5. The van der Waals surface area contributed by atoms with Crippen LogP contribution in [-0.4, -0.2) is 143 Å². The van der Waals surface area contributed by atoms with Crippen LogP contribution in [0.4, 0.5) is 21.0 Å². The molecule has 0 bridgehead atoms. The van der Waals surface area contributed by atoms with Crippen LogP contribution in [0.5, 0.6) is 0 Å². The van der Waals surface area contributed by atoms with Crippen LogP contribution in [0.15, 0.2) is 36.3 Å². The van der Waals surface area contributed by atoms with Crippen molar-refractivity contribution in [3.05, 3.63) is 58.8 Å². The highest BCUT2D eigenvalue weighted by Crippen LogP contribution is 2.29. The molecule has 0 radical (unpaired) electrons. The molecule has 6 rings (SSSR count). The number of carbonyl (C=O) groups is 6. The molecule has 2 aromatic heterocycles. The highest BCUT2D eigenvalue weighted by molar-refractivity contribution is 6.09. The van der Waals surface area contributed by atoms with Crippen LogP contribution in [0.2, 0.25) is 0 Å². The Morgan fingerprint density at radius 3 is 1.72 bits per heavy atom. The molecule has 0 unspecified atom stereocenters. The van der Waals surface area contributed by atoms with E-state index in [4.69, 9.17) is 18.9 Å². The molecule has 2 aliphatic carbocycles. The van der Waals surface area contributed by atoms with Crippen LogP contribution in [0.1, 0.15) is 78.1 Å². The topological polar surface area (TPSA) is 202 Å². The Labute approximate surface area is 339 Å². The Balaban J connectivity index is 0.000000218. The lowest BCUT2D eigenvalue weighted by molar-refractivity contribution is -0.179. The molecule has 2 aliphatic heterocycles. The van der Waals surface area contributed by atoms with E-state index in [-0.39, 0.29) is 49.0 Å². The number of Topliss-reactive ketones (excluding diaryl/α,β-unsaturated/α-hetero) is 2. The fraction of sp³-hybridized carbons (Fsp3) is 0.550. The van der Waals surface area contributed by atoms with Crippen molar-refractivity contribution in [2.75, 3.05) is 78.4 Å². The van der Waals surface area contributed by atoms with Crippen LogP contribution in [0.25, 0.3) is 0 Å². The zero-order valence-electron chi connectivity index (χ0n) is 34.7. The number of rotatable bonds is 10. The Morgan fingerprint density at radius 1 is 0.776 bits per heavy atom. The van der Waals surface area contributed by atoms with Gasteiger partial charge in [0, 0.05) is 60.4 Å². The molecule has 0 aromatic carbocycles. The monoisotopic (exact) mass is 808 g/mol. The summed E-state index contributed by atoms with van der Waals surface area (Å²) in [6.07, 6.45) is 8.41. The normalized spacial score (nSPS) is 19.5. The average molecular weight is 809 g/mol. The summed E-state index contributed by atoms with van der Waals surface area (Å²) < 4.78 is 20.3. The number of amides is 4. The second-order valence-corrected chi connectivity index (χ2v) is 14.7. The van der Waals surface area contributed by atoms with E-state index < -0.39 is 18.3 Å². The summed E-state index contributed by atoms with van der Waals surface area (Å²) >= 11 is 0. The predicted octanol–water partition coefficient (Wildman–Crippen LogP) is 3.08. The molecule has 2 saturated heterocycles. The maximum absolute atomic E-state index is 12.8. The molecule has 2 atom stereocenters. The molecule has 4 aliphatic rings. The lowest BCUT2D eigenvalue weighted by Gasteiger charge is -2.19. The largest absolute Gasteiger partial charge is 0.442 e. The van der Waals surface area contributed by atoms with Crippen LogP contribution in [-0.2, 0) is 41.4 Å². The van der Waals surface area contributed by atoms with Crippen molar-refractivity contribution in [2.24, 2.45) is 0 Å². The third-order valence-corrected chi connectivity index (χ3v) is 9.44. The quantitative estimate of drug-likeness (QED) is 0.201. The summed E-state index contributed by atoms with van der Waals surface area (Å²) in [5.74, 6) is -0.326. The maximum atomic E-state index is 12.8. The van der Waals surface area contributed by atoms with E-state index in [1.165, 1.54) is 29.8 Å². The number of carbonyl (C=O) groups excluding carboxylic acids is 6. The number of ether oxygens (including phenoxy) is 4. The molecule has 58 heavy (non-hydrogen) atoms. The number of hydrogen-bond donors (Lipinski definition) is 2. The Kier molecular flexibility index (Phi) is 16.6. The summed E-state index contributed by atoms with van der Waals surface area (Å²) in [7, 11) is 10.8. The molecule has 2 fully saturated rings. The number of cyclic esters (lactones) is 2. The van der Waals surface area contributed by atoms with Gasteiger partial charge < -0.3 is 34.5 Å². The number of aryl methyl sites for hydroxylation is 2. The van der Waals surface area contributed by atoms with Gasteiger partial charge in [-0.05, 0) is 75.9 Å². The second-order valence-electron chi connectivity index (χ2n) is 14.7. The first-order valence-corrected chi connectivity index (χ1v) is 19.2. The molecule has 2 aromatic rings. The third-order valence-electron chi connectivity index (χ3n) is 9.44. The van der Waals surface area contributed by atoms with Crippen molar-refractivity contribution >= 4 is 46.9 Å². The van der Waals surface area contributed by atoms with Crippen molar-refractivity contribution in [3.63, 3.8) is 0 Å². The van der Waals surface area contributed by atoms with Crippen LogP contribution < -0.4 is 20.4 Å². The molecular weight excluding hydrogens is 752 g/mol. The maximum Gasteiger partial charge on any atom is 0.414 e. The van der Waals surface area contributed by atoms with Crippen LogP contribution in [0, 0.1) is 0 Å². The number of aromatic nitrogens is 2. The lowest BCUT2D eigenvalue weighted by atomic mass is 10.1. The van der Waals surface area contributed by atoms with Crippen molar-refractivity contribution in [2.45, 2.75) is 77.4 Å². The first kappa shape index (κ1) is 45.2. The Hall–Kier alpha value is -5.46. The summed E-state index contributed by atoms with van der Waals surface area (Å²) in [6.45, 7) is 4.08. The van der Waals surface area contributed by atoms with E-state index in [0.717, 1.165) is 48.8 Å². The van der Waals surface area contributed by atoms with Crippen molar-refractivity contribution in [3.8, 4) is 0 Å². The second kappa shape index (κ2) is 21.3. The van der Waals surface area contributed by atoms with Gasteiger partial charge in [0.05, 0.1) is 49.9 Å². The fourth-order valence-electron chi connectivity index (χ4n) is 6.73. The summed E-state index contributed by atoms with van der Waals surface area (Å²) in [4.78, 5) is 86.3. The standard InChI is InChI=1S/C19H24N4O4.C16H19N3O4.C5H13NO2/c1-12(24)20-9-16-11-23(19(26)27-16)15-7-13-5-4-6-14(10-22(2)3)18(25)17(13)21-8-15;1-10(20)17-8-13-9-19(16(22)23-13)12-6-11-4-2-3-5-14(21)15(11)18-7-12;1-6(2)5(7-3)8-4/h7-8,10,16H,4-6,9,11H2,1-3H3,(H,20,24);6-7,13H,2-5,8-9H2,1H3,(H,17,20);5H,1-4H3/b14-10+;;/t16-;13-;/m00./s1. The minimum atomic E-state index is -0.472. The van der Waals surface area contributed by atoms with Crippen LogP contribution in [0.3, 0.4) is 0 Å². The van der Waals surface area contributed by atoms with E-state index in [9.17, 15) is 28.8 Å². The van der Waals surface area contributed by atoms with Gasteiger partial charge >= 0.3 is 12.2 Å². The highest BCUT2D eigenvalue weighted by Gasteiger charge is 2.35. The van der Waals surface area contributed by atoms with Crippen molar-refractivity contribution in [1.82, 2.24) is 30.4 Å². The zero-order valence-corrected chi connectivity index (χ0v) is 34.7. The van der Waals surface area contributed by atoms with E-state index in [1.54, 1.807) is 20.4 Å². The summed E-state index contributed by atoms with van der Waals surface area (Å²) in [5.41, 5.74) is 4.70.